The SMILES string of the molecule is Cl.Cn1nnnc1SCCCNCc1ccccc1OCc1ccccc1. The van der Waals surface area contributed by atoms with Crippen molar-refractivity contribution in [3.05, 3.63) is 65.7 Å². The van der Waals surface area contributed by atoms with Gasteiger partial charge < -0.3 is 10.1 Å². The van der Waals surface area contributed by atoms with Gasteiger partial charge >= 0.3 is 0 Å². The Labute approximate surface area is 170 Å². The molecular formula is C19H24ClN5OS. The van der Waals surface area contributed by atoms with Gasteiger partial charge in [-0.2, -0.15) is 0 Å². The smallest absolute Gasteiger partial charge is 0.209 e. The number of benzene rings is 2. The molecule has 1 aromatic heterocycles. The Balaban J connectivity index is 0.00000261. The molecule has 2 aromatic carbocycles. The van der Waals surface area contributed by atoms with Crippen molar-refractivity contribution in [2.45, 2.75) is 24.7 Å². The first-order chi connectivity index (χ1) is 12.8. The molecule has 1 N–H and O–H groups in total. The third kappa shape index (κ3) is 6.86. The molecule has 27 heavy (non-hydrogen) atoms. The van der Waals surface area contributed by atoms with E-state index in [0.29, 0.717) is 6.61 Å². The summed E-state index contributed by atoms with van der Waals surface area (Å²) in [5.74, 6) is 1.91. The highest BCUT2D eigenvalue weighted by Gasteiger charge is 2.04. The maximum Gasteiger partial charge on any atom is 0.209 e. The fraction of sp³-hybridized carbons (Fsp3) is 0.316. The highest BCUT2D eigenvalue weighted by Crippen LogP contribution is 2.19. The third-order valence-electron chi connectivity index (χ3n) is 3.84. The lowest BCUT2D eigenvalue weighted by Gasteiger charge is -2.12. The van der Waals surface area contributed by atoms with Gasteiger partial charge in [-0.15, -0.1) is 17.5 Å². The quantitative estimate of drug-likeness (QED) is 0.411. The number of aromatic nitrogens is 4. The fourth-order valence-corrected chi connectivity index (χ4v) is 3.24. The molecule has 0 saturated carbocycles. The zero-order valence-electron chi connectivity index (χ0n) is 15.2. The molecule has 0 bridgehead atoms. The van der Waals surface area contributed by atoms with Gasteiger partial charge in [0.2, 0.25) is 5.16 Å². The lowest BCUT2D eigenvalue weighted by atomic mass is 10.2. The van der Waals surface area contributed by atoms with Crippen molar-refractivity contribution in [1.29, 1.82) is 0 Å². The molecule has 0 radical (unpaired) electrons. The molecule has 8 heteroatoms. The van der Waals surface area contributed by atoms with Crippen molar-refractivity contribution >= 4 is 24.2 Å². The maximum atomic E-state index is 5.99. The van der Waals surface area contributed by atoms with Crippen LogP contribution < -0.4 is 10.1 Å². The second-order valence-electron chi connectivity index (χ2n) is 5.85. The van der Waals surface area contributed by atoms with Gasteiger partial charge in [-0.1, -0.05) is 60.3 Å². The first kappa shape index (κ1) is 21.2. The van der Waals surface area contributed by atoms with Gasteiger partial charge in [0.15, 0.2) is 0 Å². The van der Waals surface area contributed by atoms with Crippen molar-refractivity contribution in [2.24, 2.45) is 7.05 Å². The van der Waals surface area contributed by atoms with Gasteiger partial charge in [-0.25, -0.2) is 4.68 Å². The minimum atomic E-state index is 0. The Kier molecular flexibility index (Phi) is 9.10. The van der Waals surface area contributed by atoms with Crippen LogP contribution >= 0.6 is 24.2 Å². The highest BCUT2D eigenvalue weighted by molar-refractivity contribution is 7.99. The molecule has 6 nitrogen and oxygen atoms in total. The molecule has 0 unspecified atom stereocenters. The van der Waals surface area contributed by atoms with Gasteiger partial charge in [0.1, 0.15) is 12.4 Å². The number of tetrazole rings is 1. The lowest BCUT2D eigenvalue weighted by Crippen LogP contribution is -2.16. The number of halogens is 1. The van der Waals surface area contributed by atoms with Crippen molar-refractivity contribution in [3.63, 3.8) is 0 Å². The van der Waals surface area contributed by atoms with Crippen LogP contribution in [0, 0.1) is 0 Å². The predicted octanol–water partition coefficient (Wildman–Crippen LogP) is 3.48. The van der Waals surface area contributed by atoms with E-state index in [-0.39, 0.29) is 12.4 Å². The number of nitrogens with zero attached hydrogens (tertiary/aromatic N) is 4. The summed E-state index contributed by atoms with van der Waals surface area (Å²) in [5.41, 5.74) is 2.35. The Bertz CT molecular complexity index is 800. The molecule has 0 fully saturated rings. The summed E-state index contributed by atoms with van der Waals surface area (Å²) in [7, 11) is 1.85. The van der Waals surface area contributed by atoms with E-state index in [2.05, 4.69) is 39.0 Å². The molecule has 3 rings (SSSR count). The van der Waals surface area contributed by atoms with Crippen LogP contribution in [0.3, 0.4) is 0 Å². The monoisotopic (exact) mass is 405 g/mol. The molecule has 1 heterocycles. The molecular weight excluding hydrogens is 382 g/mol. The van der Waals surface area contributed by atoms with E-state index in [4.69, 9.17) is 4.74 Å². The Hall–Kier alpha value is -2.09. The summed E-state index contributed by atoms with van der Waals surface area (Å²) >= 11 is 1.67. The Morgan fingerprint density at radius 3 is 2.63 bits per heavy atom. The number of nitrogens with one attached hydrogen (secondary N) is 1. The van der Waals surface area contributed by atoms with Crippen molar-refractivity contribution in [3.8, 4) is 5.75 Å². The normalized spacial score (nSPS) is 10.4. The van der Waals surface area contributed by atoms with E-state index < -0.39 is 0 Å². The number of thioether (sulfide) groups is 1. The fourth-order valence-electron chi connectivity index (χ4n) is 2.45. The van der Waals surface area contributed by atoms with Crippen LogP contribution in [-0.2, 0) is 20.2 Å². The van der Waals surface area contributed by atoms with E-state index in [1.807, 2.05) is 43.4 Å². The first-order valence-electron chi connectivity index (χ1n) is 8.63. The molecule has 0 amide bonds. The van der Waals surface area contributed by atoms with Crippen molar-refractivity contribution < 1.29 is 4.74 Å². The minimum absolute atomic E-state index is 0. The van der Waals surface area contributed by atoms with E-state index >= 15 is 0 Å². The van der Waals surface area contributed by atoms with Crippen LogP contribution in [0.2, 0.25) is 0 Å². The zero-order valence-corrected chi connectivity index (χ0v) is 16.9. The number of hydrogen-bond donors (Lipinski definition) is 1. The van der Waals surface area contributed by atoms with Gasteiger partial charge in [-0.05, 0) is 35.0 Å². The lowest BCUT2D eigenvalue weighted by molar-refractivity contribution is 0.302. The molecule has 0 spiro atoms. The molecule has 3 aromatic rings. The molecule has 0 aliphatic rings. The van der Waals surface area contributed by atoms with Gasteiger partial charge in [0, 0.05) is 24.9 Å². The first-order valence-corrected chi connectivity index (χ1v) is 9.62. The second kappa shape index (κ2) is 11.6. The predicted molar refractivity (Wildman–Crippen MR) is 110 cm³/mol. The van der Waals surface area contributed by atoms with Gasteiger partial charge in [0.25, 0.3) is 0 Å². The number of aryl methyl sites for hydroxylation is 1. The van der Waals surface area contributed by atoms with Crippen LogP contribution in [-0.4, -0.2) is 32.5 Å². The summed E-state index contributed by atoms with van der Waals surface area (Å²) in [4.78, 5) is 0. The van der Waals surface area contributed by atoms with E-state index in [9.17, 15) is 0 Å². The summed E-state index contributed by atoms with van der Waals surface area (Å²) < 4.78 is 7.69. The van der Waals surface area contributed by atoms with Crippen LogP contribution in [0.15, 0.2) is 59.8 Å². The van der Waals surface area contributed by atoms with Crippen molar-refractivity contribution in [1.82, 2.24) is 25.5 Å². The van der Waals surface area contributed by atoms with E-state index in [1.165, 1.54) is 11.1 Å². The summed E-state index contributed by atoms with van der Waals surface area (Å²) in [5, 5.41) is 15.8. The van der Waals surface area contributed by atoms with Gasteiger partial charge in [-0.3, -0.25) is 0 Å². The Morgan fingerprint density at radius 2 is 1.85 bits per heavy atom. The Morgan fingerprint density at radius 1 is 1.07 bits per heavy atom. The zero-order chi connectivity index (χ0) is 18.0. The standard InChI is InChI=1S/C19H23N5OS.ClH/c1-24-19(21-22-23-24)26-13-7-12-20-14-17-10-5-6-11-18(17)25-15-16-8-3-2-4-9-16;/h2-6,8-11,20H,7,12-15H2,1H3;1H. The van der Waals surface area contributed by atoms with E-state index in [1.54, 1.807) is 16.4 Å². The summed E-state index contributed by atoms with van der Waals surface area (Å²) in [6, 6.07) is 18.4. The minimum Gasteiger partial charge on any atom is -0.489 e. The summed E-state index contributed by atoms with van der Waals surface area (Å²) in [6.07, 6.45) is 1.05. The van der Waals surface area contributed by atoms with Gasteiger partial charge in [0.05, 0.1) is 0 Å². The maximum absolute atomic E-state index is 5.99. The average Bonchev–Trinajstić information content (AvgIpc) is 3.09. The summed E-state index contributed by atoms with van der Waals surface area (Å²) in [6.45, 7) is 2.31. The molecule has 0 saturated heterocycles. The van der Waals surface area contributed by atoms with Crippen LogP contribution in [0.4, 0.5) is 0 Å². The number of para-hydroxylation sites is 1. The third-order valence-corrected chi connectivity index (χ3v) is 4.93. The van der Waals surface area contributed by atoms with Crippen LogP contribution in [0.5, 0.6) is 5.75 Å². The number of ether oxygens (including phenoxy) is 1. The van der Waals surface area contributed by atoms with Crippen LogP contribution in [0.25, 0.3) is 0 Å². The molecule has 0 aliphatic carbocycles. The number of hydrogen-bond acceptors (Lipinski definition) is 6. The van der Waals surface area contributed by atoms with Crippen molar-refractivity contribution in [2.75, 3.05) is 12.3 Å². The molecule has 144 valence electrons. The second-order valence-corrected chi connectivity index (χ2v) is 6.91. The highest BCUT2D eigenvalue weighted by atomic mass is 35.5. The van der Waals surface area contributed by atoms with Crippen LogP contribution in [0.1, 0.15) is 17.5 Å². The number of rotatable bonds is 10. The average molecular weight is 406 g/mol. The topological polar surface area (TPSA) is 64.9 Å². The molecule has 0 atom stereocenters. The van der Waals surface area contributed by atoms with E-state index in [0.717, 1.165) is 36.2 Å². The molecule has 0 aliphatic heterocycles. The largest absolute Gasteiger partial charge is 0.489 e.